The molecule has 0 amide bonds. The van der Waals surface area contributed by atoms with Crippen LogP contribution in [0.2, 0.25) is 0 Å². The number of phenols is 2. The first-order chi connectivity index (χ1) is 12.2. The van der Waals surface area contributed by atoms with Crippen LogP contribution >= 0.6 is 0 Å². The second kappa shape index (κ2) is 9.32. The monoisotopic (exact) mass is 342 g/mol. The normalized spacial score (nSPS) is 11.3. The summed E-state index contributed by atoms with van der Waals surface area (Å²) < 4.78 is 10.1. The third-order valence-electron chi connectivity index (χ3n) is 3.54. The van der Waals surface area contributed by atoms with Gasteiger partial charge in [0.05, 0.1) is 14.2 Å². The molecule has 2 aromatic carbocycles. The molecule has 0 aliphatic carbocycles. The topological polar surface area (TPSA) is 83.6 Å². The molecule has 6 nitrogen and oxygen atoms in total. The van der Waals surface area contributed by atoms with Crippen LogP contribution in [0.15, 0.2) is 46.4 Å². The van der Waals surface area contributed by atoms with Gasteiger partial charge in [-0.2, -0.15) is 0 Å². The Morgan fingerprint density at radius 3 is 1.64 bits per heavy atom. The van der Waals surface area contributed by atoms with Crippen LogP contribution in [0.25, 0.3) is 0 Å². The highest BCUT2D eigenvalue weighted by Crippen LogP contribution is 2.28. The van der Waals surface area contributed by atoms with E-state index in [0.29, 0.717) is 35.7 Å². The zero-order chi connectivity index (χ0) is 18.1. The lowest BCUT2D eigenvalue weighted by atomic mass is 10.2. The molecule has 25 heavy (non-hydrogen) atoms. The number of hydrogen-bond acceptors (Lipinski definition) is 6. The fraction of sp³-hybridized carbons (Fsp3) is 0.263. The van der Waals surface area contributed by atoms with E-state index in [2.05, 4.69) is 9.98 Å². The number of aromatic hydroxyl groups is 2. The van der Waals surface area contributed by atoms with Gasteiger partial charge in [0, 0.05) is 36.6 Å². The summed E-state index contributed by atoms with van der Waals surface area (Å²) in [6.07, 6.45) is 3.99. The smallest absolute Gasteiger partial charge is 0.166 e. The molecule has 2 aromatic rings. The maximum Gasteiger partial charge on any atom is 0.166 e. The van der Waals surface area contributed by atoms with Gasteiger partial charge in [-0.25, -0.2) is 0 Å². The van der Waals surface area contributed by atoms with Crippen molar-refractivity contribution in [2.75, 3.05) is 27.3 Å². The molecule has 6 heteroatoms. The Balaban J connectivity index is 1.82. The highest BCUT2D eigenvalue weighted by atomic mass is 16.5. The minimum absolute atomic E-state index is 0.0836. The lowest BCUT2D eigenvalue weighted by molar-refractivity contribution is 0.373. The van der Waals surface area contributed by atoms with E-state index in [1.807, 2.05) is 0 Å². The molecule has 0 saturated carbocycles. The second-order valence-electron chi connectivity index (χ2n) is 5.22. The van der Waals surface area contributed by atoms with Crippen molar-refractivity contribution in [1.29, 1.82) is 0 Å². The van der Waals surface area contributed by atoms with Crippen LogP contribution in [0.3, 0.4) is 0 Å². The van der Waals surface area contributed by atoms with Gasteiger partial charge in [-0.1, -0.05) is 12.1 Å². The predicted molar refractivity (Wildman–Crippen MR) is 98.9 cm³/mol. The summed E-state index contributed by atoms with van der Waals surface area (Å²) in [5, 5.41) is 19.9. The summed E-state index contributed by atoms with van der Waals surface area (Å²) in [7, 11) is 3.02. The van der Waals surface area contributed by atoms with E-state index >= 15 is 0 Å². The molecule has 0 radical (unpaired) electrons. The lowest BCUT2D eigenvalue weighted by Crippen LogP contribution is -1.92. The summed E-state index contributed by atoms with van der Waals surface area (Å²) in [4.78, 5) is 8.57. The van der Waals surface area contributed by atoms with Gasteiger partial charge < -0.3 is 19.7 Å². The molecule has 0 spiro atoms. The van der Waals surface area contributed by atoms with E-state index in [1.165, 1.54) is 14.2 Å². The van der Waals surface area contributed by atoms with Crippen molar-refractivity contribution in [3.8, 4) is 23.0 Å². The number of para-hydroxylation sites is 2. The number of hydrogen-bond donors (Lipinski definition) is 2. The largest absolute Gasteiger partial charge is 0.504 e. The van der Waals surface area contributed by atoms with Crippen molar-refractivity contribution < 1.29 is 19.7 Å². The predicted octanol–water partition coefficient (Wildman–Crippen LogP) is 3.04. The summed E-state index contributed by atoms with van der Waals surface area (Å²) in [5.74, 6) is 1.01. The summed E-state index contributed by atoms with van der Waals surface area (Å²) in [5.41, 5.74) is 1.23. The van der Waals surface area contributed by atoms with Gasteiger partial charge in [0.25, 0.3) is 0 Å². The third-order valence-corrected chi connectivity index (χ3v) is 3.54. The van der Waals surface area contributed by atoms with E-state index in [9.17, 15) is 10.2 Å². The van der Waals surface area contributed by atoms with Gasteiger partial charge in [0.2, 0.25) is 0 Å². The number of benzene rings is 2. The SMILES string of the molecule is COc1cccc(C=NCCCN=Cc2cccc(OC)c2O)c1O. The fourth-order valence-corrected chi connectivity index (χ4v) is 2.20. The minimum Gasteiger partial charge on any atom is -0.504 e. The number of phenolic OH excluding ortho intramolecular Hbond substituents is 2. The Labute approximate surface area is 147 Å². The molecule has 2 N–H and O–H groups in total. The fourth-order valence-electron chi connectivity index (χ4n) is 2.20. The van der Waals surface area contributed by atoms with E-state index in [4.69, 9.17) is 9.47 Å². The Morgan fingerprint density at radius 2 is 1.24 bits per heavy atom. The molecule has 0 aliphatic heterocycles. The van der Waals surface area contributed by atoms with Crippen LogP contribution in [0.1, 0.15) is 17.5 Å². The van der Waals surface area contributed by atoms with Crippen LogP contribution in [-0.2, 0) is 0 Å². The van der Waals surface area contributed by atoms with Crippen LogP contribution < -0.4 is 9.47 Å². The Morgan fingerprint density at radius 1 is 0.800 bits per heavy atom. The van der Waals surface area contributed by atoms with Crippen molar-refractivity contribution in [3.05, 3.63) is 47.5 Å². The number of rotatable bonds is 8. The Bertz CT molecular complexity index is 694. The molecular weight excluding hydrogens is 320 g/mol. The minimum atomic E-state index is 0.0836. The molecule has 0 unspecified atom stereocenters. The highest BCUT2D eigenvalue weighted by molar-refractivity contribution is 5.85. The molecule has 2 rings (SSSR count). The van der Waals surface area contributed by atoms with Gasteiger partial charge in [0.1, 0.15) is 0 Å². The molecule has 132 valence electrons. The number of aliphatic imine (C=N–C) groups is 2. The number of nitrogens with zero attached hydrogens (tertiary/aromatic N) is 2. The molecule has 0 fully saturated rings. The first kappa shape index (κ1) is 18.3. The van der Waals surface area contributed by atoms with Crippen LogP contribution in [-0.4, -0.2) is 50.0 Å². The first-order valence-electron chi connectivity index (χ1n) is 7.89. The van der Waals surface area contributed by atoms with Gasteiger partial charge in [0.15, 0.2) is 23.0 Å². The lowest BCUT2D eigenvalue weighted by Gasteiger charge is -2.05. The zero-order valence-electron chi connectivity index (χ0n) is 14.3. The van der Waals surface area contributed by atoms with Crippen molar-refractivity contribution in [2.24, 2.45) is 9.98 Å². The van der Waals surface area contributed by atoms with Crippen molar-refractivity contribution in [1.82, 2.24) is 0 Å². The molecular formula is C19H22N2O4. The van der Waals surface area contributed by atoms with Gasteiger partial charge in [-0.15, -0.1) is 0 Å². The highest BCUT2D eigenvalue weighted by Gasteiger charge is 2.05. The van der Waals surface area contributed by atoms with E-state index in [0.717, 1.165) is 6.42 Å². The average Bonchev–Trinajstić information content (AvgIpc) is 2.63. The Hall–Kier alpha value is -3.02. The number of methoxy groups -OCH3 is 2. The molecule has 0 atom stereocenters. The van der Waals surface area contributed by atoms with Gasteiger partial charge >= 0.3 is 0 Å². The van der Waals surface area contributed by atoms with Crippen LogP contribution in [0.5, 0.6) is 23.0 Å². The Kier molecular flexibility index (Phi) is 6.83. The maximum absolute atomic E-state index is 9.95. The molecule has 0 saturated heterocycles. The van der Waals surface area contributed by atoms with E-state index in [-0.39, 0.29) is 11.5 Å². The van der Waals surface area contributed by atoms with Crippen molar-refractivity contribution in [2.45, 2.75) is 6.42 Å². The second-order valence-corrected chi connectivity index (χ2v) is 5.22. The summed E-state index contributed by atoms with van der Waals surface area (Å²) in [6.45, 7) is 1.16. The van der Waals surface area contributed by atoms with Gasteiger partial charge in [-0.05, 0) is 30.7 Å². The molecule has 0 aromatic heterocycles. The van der Waals surface area contributed by atoms with Crippen molar-refractivity contribution in [3.63, 3.8) is 0 Å². The first-order valence-corrected chi connectivity index (χ1v) is 7.89. The van der Waals surface area contributed by atoms with Crippen molar-refractivity contribution >= 4 is 12.4 Å². The number of ether oxygens (including phenoxy) is 2. The van der Waals surface area contributed by atoms with Crippen LogP contribution in [0, 0.1) is 0 Å². The van der Waals surface area contributed by atoms with Gasteiger partial charge in [-0.3, -0.25) is 9.98 Å². The summed E-state index contributed by atoms with van der Waals surface area (Å²) in [6, 6.07) is 10.5. The van der Waals surface area contributed by atoms with E-state index in [1.54, 1.807) is 48.8 Å². The molecule has 0 aliphatic rings. The zero-order valence-corrected chi connectivity index (χ0v) is 14.3. The third kappa shape index (κ3) is 4.97. The molecule has 0 heterocycles. The van der Waals surface area contributed by atoms with Crippen LogP contribution in [0.4, 0.5) is 0 Å². The molecule has 0 bridgehead atoms. The van der Waals surface area contributed by atoms with E-state index < -0.39 is 0 Å². The maximum atomic E-state index is 9.95. The quantitative estimate of drug-likeness (QED) is 0.570. The average molecular weight is 342 g/mol. The summed E-state index contributed by atoms with van der Waals surface area (Å²) >= 11 is 0. The standard InChI is InChI=1S/C19H22N2O4/c1-24-16-8-3-6-14(18(16)22)12-20-10-5-11-21-13-15-7-4-9-17(25-2)19(15)23/h3-4,6-9,12-13,22-23H,5,10-11H2,1-2H3.